The second-order valence-electron chi connectivity index (χ2n) is 9.46. The van der Waals surface area contributed by atoms with Crippen LogP contribution >= 0.6 is 0 Å². The Labute approximate surface area is 159 Å². The fourth-order valence-corrected chi connectivity index (χ4v) is 6.18. The second-order valence-corrected chi connectivity index (χ2v) is 9.46. The molecule has 2 saturated carbocycles. The van der Waals surface area contributed by atoms with Crippen LogP contribution < -0.4 is 0 Å². The Balaban J connectivity index is 1.32. The van der Waals surface area contributed by atoms with E-state index in [1.807, 2.05) is 0 Å². The molecule has 4 rings (SSSR count). The van der Waals surface area contributed by atoms with Crippen LogP contribution in [-0.4, -0.2) is 31.2 Å². The van der Waals surface area contributed by atoms with Crippen molar-refractivity contribution in [2.75, 3.05) is 13.2 Å². The molecule has 4 aliphatic rings. The highest BCUT2D eigenvalue weighted by atomic mass is 16.5. The van der Waals surface area contributed by atoms with E-state index in [1.165, 1.54) is 64.2 Å². The Hall–Kier alpha value is -0.410. The van der Waals surface area contributed by atoms with Crippen molar-refractivity contribution in [2.24, 2.45) is 23.7 Å². The quantitative estimate of drug-likeness (QED) is 0.680. The molecule has 26 heavy (non-hydrogen) atoms. The molecule has 2 aliphatic carbocycles. The van der Waals surface area contributed by atoms with Crippen molar-refractivity contribution in [2.45, 2.75) is 102 Å². The number of carbonyl (C=O) groups excluding carboxylic acids is 1. The summed E-state index contributed by atoms with van der Waals surface area (Å²) in [6.45, 7) is 1.60. The van der Waals surface area contributed by atoms with Gasteiger partial charge in [0.05, 0.1) is 12.2 Å². The Morgan fingerprint density at radius 3 is 1.42 bits per heavy atom. The number of hydrogen-bond acceptors (Lipinski definition) is 3. The Morgan fingerprint density at radius 1 is 0.577 bits per heavy atom. The molecule has 0 aromatic carbocycles. The normalized spacial score (nSPS) is 38.2. The lowest BCUT2D eigenvalue weighted by molar-refractivity contribution is -0.140. The van der Waals surface area contributed by atoms with E-state index in [-0.39, 0.29) is 11.8 Å². The summed E-state index contributed by atoms with van der Waals surface area (Å²) in [5, 5.41) is 0. The minimum absolute atomic E-state index is 0.255. The topological polar surface area (TPSA) is 35.5 Å². The molecular formula is C23H38O3. The van der Waals surface area contributed by atoms with Gasteiger partial charge in [0.2, 0.25) is 0 Å². The van der Waals surface area contributed by atoms with E-state index in [0.29, 0.717) is 29.8 Å². The van der Waals surface area contributed by atoms with E-state index in [1.54, 1.807) is 0 Å². The molecule has 148 valence electrons. The molecule has 0 N–H and O–H groups in total. The molecule has 3 nitrogen and oxygen atoms in total. The summed E-state index contributed by atoms with van der Waals surface area (Å²) >= 11 is 0. The standard InChI is InChI=1S/C23H38O3/c24-23(19-11-13-25-21(15-19)17-7-3-1-4-8-17)20-12-14-26-22(16-20)18-9-5-2-6-10-18/h17-22H,1-16H2/t19-,20-,21-,22+/m1/s1. The molecule has 4 atom stereocenters. The molecule has 3 heteroatoms. The van der Waals surface area contributed by atoms with Gasteiger partial charge in [0, 0.05) is 25.0 Å². The predicted octanol–water partition coefficient (Wildman–Crippen LogP) is 5.31. The molecule has 2 aliphatic heterocycles. The average Bonchev–Trinajstić information content (AvgIpc) is 2.75. The molecule has 0 unspecified atom stereocenters. The zero-order valence-corrected chi connectivity index (χ0v) is 16.5. The van der Waals surface area contributed by atoms with E-state index in [9.17, 15) is 4.79 Å². The van der Waals surface area contributed by atoms with Gasteiger partial charge in [-0.15, -0.1) is 0 Å². The second kappa shape index (κ2) is 9.19. The van der Waals surface area contributed by atoms with Crippen LogP contribution in [0.15, 0.2) is 0 Å². The van der Waals surface area contributed by atoms with E-state index in [2.05, 4.69) is 0 Å². The summed E-state index contributed by atoms with van der Waals surface area (Å²) in [6, 6.07) is 0. The van der Waals surface area contributed by atoms with Crippen molar-refractivity contribution < 1.29 is 14.3 Å². The molecule has 4 fully saturated rings. The molecular weight excluding hydrogens is 324 g/mol. The smallest absolute Gasteiger partial charge is 0.139 e. The van der Waals surface area contributed by atoms with Gasteiger partial charge < -0.3 is 9.47 Å². The first-order valence-corrected chi connectivity index (χ1v) is 11.6. The Kier molecular flexibility index (Phi) is 6.69. The number of ketones is 1. The van der Waals surface area contributed by atoms with Gasteiger partial charge >= 0.3 is 0 Å². The molecule has 0 spiro atoms. The summed E-state index contributed by atoms with van der Waals surface area (Å²) in [6.07, 6.45) is 18.0. The maximum absolute atomic E-state index is 13.3. The molecule has 0 amide bonds. The predicted molar refractivity (Wildman–Crippen MR) is 103 cm³/mol. The van der Waals surface area contributed by atoms with Gasteiger partial charge in [-0.05, 0) is 63.2 Å². The van der Waals surface area contributed by atoms with Gasteiger partial charge in [0.1, 0.15) is 5.78 Å². The monoisotopic (exact) mass is 362 g/mol. The van der Waals surface area contributed by atoms with Crippen molar-refractivity contribution in [1.29, 1.82) is 0 Å². The first-order valence-electron chi connectivity index (χ1n) is 11.6. The van der Waals surface area contributed by atoms with Crippen LogP contribution in [0.4, 0.5) is 0 Å². The van der Waals surface area contributed by atoms with Crippen LogP contribution in [-0.2, 0) is 14.3 Å². The van der Waals surface area contributed by atoms with Crippen LogP contribution in [0.2, 0.25) is 0 Å². The first-order chi connectivity index (χ1) is 12.8. The first kappa shape index (κ1) is 18.9. The van der Waals surface area contributed by atoms with Gasteiger partial charge in [-0.1, -0.05) is 38.5 Å². The largest absolute Gasteiger partial charge is 0.378 e. The third-order valence-corrected chi connectivity index (χ3v) is 7.79. The van der Waals surface area contributed by atoms with Crippen molar-refractivity contribution in [3.8, 4) is 0 Å². The van der Waals surface area contributed by atoms with Crippen LogP contribution in [0, 0.1) is 23.7 Å². The molecule has 2 saturated heterocycles. The number of rotatable bonds is 4. The highest BCUT2D eigenvalue weighted by Gasteiger charge is 2.39. The minimum atomic E-state index is 0.255. The number of ether oxygens (including phenoxy) is 2. The third-order valence-electron chi connectivity index (χ3n) is 7.79. The number of hydrogen-bond donors (Lipinski definition) is 0. The molecule has 2 heterocycles. The fraction of sp³-hybridized carbons (Fsp3) is 0.957. The maximum atomic E-state index is 13.3. The van der Waals surface area contributed by atoms with Crippen LogP contribution in [0.25, 0.3) is 0 Å². The summed E-state index contributed by atoms with van der Waals surface area (Å²) in [7, 11) is 0. The van der Waals surface area contributed by atoms with Crippen molar-refractivity contribution in [3.05, 3.63) is 0 Å². The van der Waals surface area contributed by atoms with Crippen molar-refractivity contribution >= 4 is 5.78 Å². The lowest BCUT2D eigenvalue weighted by Gasteiger charge is -2.39. The van der Waals surface area contributed by atoms with Gasteiger partial charge in [-0.25, -0.2) is 0 Å². The van der Waals surface area contributed by atoms with Gasteiger partial charge in [-0.3, -0.25) is 4.79 Å². The molecule has 0 radical (unpaired) electrons. The molecule has 0 bridgehead atoms. The lowest BCUT2D eigenvalue weighted by Crippen LogP contribution is -2.41. The highest BCUT2D eigenvalue weighted by molar-refractivity contribution is 5.83. The van der Waals surface area contributed by atoms with Crippen LogP contribution in [0.5, 0.6) is 0 Å². The Bertz CT molecular complexity index is 410. The Morgan fingerprint density at radius 2 is 1.00 bits per heavy atom. The van der Waals surface area contributed by atoms with E-state index in [4.69, 9.17) is 9.47 Å². The van der Waals surface area contributed by atoms with E-state index in [0.717, 1.165) is 38.9 Å². The van der Waals surface area contributed by atoms with Crippen LogP contribution in [0.3, 0.4) is 0 Å². The summed E-state index contributed by atoms with van der Waals surface area (Å²) < 4.78 is 12.2. The highest BCUT2D eigenvalue weighted by Crippen LogP contribution is 2.38. The van der Waals surface area contributed by atoms with Gasteiger partial charge in [0.25, 0.3) is 0 Å². The zero-order chi connectivity index (χ0) is 17.8. The SMILES string of the molecule is O=C([C@@H]1CCO[C@H](C2CCCCC2)C1)[C@@H]1CCO[C@@H](C2CCCCC2)C1. The summed E-state index contributed by atoms with van der Waals surface area (Å²) in [5.74, 6) is 2.49. The fourth-order valence-electron chi connectivity index (χ4n) is 6.18. The van der Waals surface area contributed by atoms with Crippen molar-refractivity contribution in [1.82, 2.24) is 0 Å². The molecule has 0 aromatic heterocycles. The maximum Gasteiger partial charge on any atom is 0.139 e. The van der Waals surface area contributed by atoms with Crippen LogP contribution in [0.1, 0.15) is 89.9 Å². The average molecular weight is 363 g/mol. The minimum Gasteiger partial charge on any atom is -0.378 e. The number of carbonyl (C=O) groups is 1. The van der Waals surface area contributed by atoms with Gasteiger partial charge in [-0.2, -0.15) is 0 Å². The third kappa shape index (κ3) is 4.52. The summed E-state index contributed by atoms with van der Waals surface area (Å²) in [4.78, 5) is 13.3. The van der Waals surface area contributed by atoms with E-state index >= 15 is 0 Å². The zero-order valence-electron chi connectivity index (χ0n) is 16.5. The van der Waals surface area contributed by atoms with E-state index < -0.39 is 0 Å². The summed E-state index contributed by atoms with van der Waals surface area (Å²) in [5.41, 5.74) is 0. The lowest BCUT2D eigenvalue weighted by atomic mass is 9.74. The molecule has 0 aromatic rings. The van der Waals surface area contributed by atoms with Crippen molar-refractivity contribution in [3.63, 3.8) is 0 Å². The van der Waals surface area contributed by atoms with Gasteiger partial charge in [0.15, 0.2) is 0 Å². The number of Topliss-reactive ketones (excluding diaryl/α,β-unsaturated/α-hetero) is 1.